The zero-order valence-electron chi connectivity index (χ0n) is 16.2. The van der Waals surface area contributed by atoms with Gasteiger partial charge in [-0.05, 0) is 75.7 Å². The zero-order valence-corrected chi connectivity index (χ0v) is 16.2. The first kappa shape index (κ1) is 17.8. The third-order valence-electron chi connectivity index (χ3n) is 6.92. The van der Waals surface area contributed by atoms with Crippen LogP contribution in [0.25, 0.3) is 0 Å². The minimum Gasteiger partial charge on any atom is -0.496 e. The van der Waals surface area contributed by atoms with Gasteiger partial charge in [0.2, 0.25) is 5.91 Å². The molecule has 0 saturated heterocycles. The lowest BCUT2D eigenvalue weighted by atomic mass is 9.47. The molecule has 1 amide bonds. The van der Waals surface area contributed by atoms with Gasteiger partial charge < -0.3 is 15.2 Å². The van der Waals surface area contributed by atoms with Gasteiger partial charge in [-0.25, -0.2) is 0 Å². The maximum absolute atomic E-state index is 12.9. The lowest BCUT2D eigenvalue weighted by Gasteiger charge is -2.60. The van der Waals surface area contributed by atoms with Crippen LogP contribution in [0.4, 0.5) is 0 Å². The van der Waals surface area contributed by atoms with Crippen molar-refractivity contribution in [2.75, 3.05) is 7.11 Å². The molecule has 4 heteroatoms. The van der Waals surface area contributed by atoms with Crippen LogP contribution in [0.3, 0.4) is 0 Å². The van der Waals surface area contributed by atoms with Crippen molar-refractivity contribution in [3.8, 4) is 5.75 Å². The van der Waals surface area contributed by atoms with E-state index in [1.165, 1.54) is 6.42 Å². The number of hydrogen-bond donors (Lipinski definition) is 2. The number of benzene rings is 1. The molecule has 4 aliphatic rings. The molecule has 4 aliphatic carbocycles. The number of rotatable bonds is 5. The predicted octanol–water partition coefficient (Wildman–Crippen LogP) is 3.90. The Hall–Kier alpha value is -1.55. The minimum atomic E-state index is -0.504. The maximum atomic E-state index is 12.9. The van der Waals surface area contributed by atoms with Crippen molar-refractivity contribution in [3.05, 3.63) is 29.3 Å². The van der Waals surface area contributed by atoms with Crippen LogP contribution >= 0.6 is 0 Å². The molecule has 0 aromatic heterocycles. The van der Waals surface area contributed by atoms with E-state index in [9.17, 15) is 9.90 Å². The molecule has 2 N–H and O–H groups in total. The summed E-state index contributed by atoms with van der Waals surface area (Å²) in [5, 5.41) is 14.1. The molecule has 0 aliphatic heterocycles. The normalized spacial score (nSPS) is 36.0. The van der Waals surface area contributed by atoms with E-state index in [1.807, 2.05) is 26.0 Å². The van der Waals surface area contributed by atoms with E-state index in [2.05, 4.69) is 11.4 Å². The van der Waals surface area contributed by atoms with Gasteiger partial charge in [0.15, 0.2) is 0 Å². The maximum Gasteiger partial charge on any atom is 0.221 e. The summed E-state index contributed by atoms with van der Waals surface area (Å²) in [5.41, 5.74) is 1.69. The summed E-state index contributed by atoms with van der Waals surface area (Å²) in [7, 11) is 1.67. The smallest absolute Gasteiger partial charge is 0.221 e. The summed E-state index contributed by atoms with van der Waals surface area (Å²) >= 11 is 0. The average molecular weight is 357 g/mol. The van der Waals surface area contributed by atoms with Gasteiger partial charge in [0.05, 0.1) is 18.8 Å². The van der Waals surface area contributed by atoms with Crippen molar-refractivity contribution in [3.63, 3.8) is 0 Å². The quantitative estimate of drug-likeness (QED) is 0.840. The molecule has 4 nitrogen and oxygen atoms in total. The molecule has 26 heavy (non-hydrogen) atoms. The van der Waals surface area contributed by atoms with Gasteiger partial charge in [-0.2, -0.15) is 0 Å². The van der Waals surface area contributed by atoms with Crippen LogP contribution in [-0.4, -0.2) is 23.7 Å². The lowest BCUT2D eigenvalue weighted by Crippen LogP contribution is -2.56. The Kier molecular flexibility index (Phi) is 4.30. The number of ether oxygens (including phenoxy) is 1. The highest BCUT2D eigenvalue weighted by molar-refractivity contribution is 5.77. The number of hydrogen-bond acceptors (Lipinski definition) is 3. The Morgan fingerprint density at radius 2 is 2.00 bits per heavy atom. The fourth-order valence-corrected chi connectivity index (χ4v) is 6.51. The second-order valence-electron chi connectivity index (χ2n) is 9.40. The number of methoxy groups -OCH3 is 1. The molecule has 142 valence electrons. The molecule has 4 bridgehead atoms. The molecule has 5 rings (SSSR count). The first-order chi connectivity index (χ1) is 12.3. The number of carbonyl (C=O) groups is 1. The fraction of sp³-hybridized carbons (Fsp3) is 0.682. The highest BCUT2D eigenvalue weighted by Gasteiger charge is 2.57. The molecule has 5 atom stereocenters. The highest BCUT2D eigenvalue weighted by atomic mass is 16.5. The number of amides is 1. The molecule has 0 spiro atoms. The summed E-state index contributed by atoms with van der Waals surface area (Å²) in [6.45, 7) is 4.07. The van der Waals surface area contributed by atoms with Gasteiger partial charge in [-0.15, -0.1) is 0 Å². The van der Waals surface area contributed by atoms with Gasteiger partial charge in [-0.3, -0.25) is 4.79 Å². The second kappa shape index (κ2) is 6.26. The van der Waals surface area contributed by atoms with Crippen molar-refractivity contribution < 1.29 is 14.6 Å². The molecule has 0 radical (unpaired) electrons. The van der Waals surface area contributed by atoms with Gasteiger partial charge >= 0.3 is 0 Å². The van der Waals surface area contributed by atoms with Crippen molar-refractivity contribution in [2.24, 2.45) is 17.3 Å². The van der Waals surface area contributed by atoms with Crippen LogP contribution in [0.2, 0.25) is 0 Å². The van der Waals surface area contributed by atoms with E-state index in [1.54, 1.807) is 7.11 Å². The summed E-state index contributed by atoms with van der Waals surface area (Å²) in [6, 6.07) is 5.97. The fourth-order valence-electron chi connectivity index (χ4n) is 6.51. The SMILES string of the molecule is COc1ccc(C)cc1[C@H](C)NC(=O)CC12C[C@@H]3C[C@@H](CC(O)(C3)C1)C2. The highest BCUT2D eigenvalue weighted by Crippen LogP contribution is 2.62. The van der Waals surface area contributed by atoms with Crippen molar-refractivity contribution in [1.82, 2.24) is 5.32 Å². The van der Waals surface area contributed by atoms with E-state index < -0.39 is 5.60 Å². The Morgan fingerprint density at radius 3 is 2.62 bits per heavy atom. The van der Waals surface area contributed by atoms with Gasteiger partial charge in [-0.1, -0.05) is 17.7 Å². The number of nitrogens with one attached hydrogen (secondary N) is 1. The average Bonchev–Trinajstić information content (AvgIpc) is 2.51. The number of carbonyl (C=O) groups excluding carboxylic acids is 1. The molecule has 4 saturated carbocycles. The van der Waals surface area contributed by atoms with E-state index in [0.29, 0.717) is 18.3 Å². The first-order valence-electron chi connectivity index (χ1n) is 9.96. The third-order valence-corrected chi connectivity index (χ3v) is 6.92. The van der Waals surface area contributed by atoms with Crippen molar-refractivity contribution >= 4 is 5.91 Å². The van der Waals surface area contributed by atoms with Crippen LogP contribution in [0, 0.1) is 24.2 Å². The Bertz CT molecular complexity index is 699. The zero-order chi connectivity index (χ0) is 18.5. The Morgan fingerprint density at radius 1 is 1.31 bits per heavy atom. The van der Waals surface area contributed by atoms with E-state index in [0.717, 1.165) is 49.0 Å². The number of aliphatic hydroxyl groups is 1. The standard InChI is InChI=1S/C22H31NO3/c1-14-4-5-19(26-3)18(6-14)15(2)23-20(24)12-21-8-16-7-17(9-21)11-22(25,10-16)13-21/h4-6,15-17,25H,7-13H2,1-3H3,(H,23,24)/t15-,16-,17+,21?,22?/m0/s1. The first-order valence-corrected chi connectivity index (χ1v) is 9.96. The van der Waals surface area contributed by atoms with E-state index >= 15 is 0 Å². The van der Waals surface area contributed by atoms with Gasteiger partial charge in [0, 0.05) is 12.0 Å². The van der Waals surface area contributed by atoms with Crippen molar-refractivity contribution in [1.29, 1.82) is 0 Å². The van der Waals surface area contributed by atoms with Crippen LogP contribution < -0.4 is 10.1 Å². The molecular formula is C22H31NO3. The van der Waals surface area contributed by atoms with E-state index in [-0.39, 0.29) is 17.4 Å². The molecule has 4 fully saturated rings. The van der Waals surface area contributed by atoms with E-state index in [4.69, 9.17) is 4.74 Å². The van der Waals surface area contributed by atoms with Crippen LogP contribution in [-0.2, 0) is 4.79 Å². The summed E-state index contributed by atoms with van der Waals surface area (Å²) in [6.07, 6.45) is 6.72. The topological polar surface area (TPSA) is 58.6 Å². The van der Waals surface area contributed by atoms with Crippen molar-refractivity contribution in [2.45, 2.75) is 70.4 Å². The second-order valence-corrected chi connectivity index (χ2v) is 9.40. The minimum absolute atomic E-state index is 0.0132. The summed E-state index contributed by atoms with van der Waals surface area (Å²) in [5.74, 6) is 2.14. The molecule has 1 aromatic carbocycles. The Balaban J connectivity index is 1.45. The monoisotopic (exact) mass is 357 g/mol. The predicted molar refractivity (Wildman–Crippen MR) is 101 cm³/mol. The molecule has 1 aromatic rings. The van der Waals surface area contributed by atoms with Crippen LogP contribution in [0.5, 0.6) is 5.75 Å². The summed E-state index contributed by atoms with van der Waals surface area (Å²) < 4.78 is 5.47. The number of aryl methyl sites for hydroxylation is 1. The molecule has 0 heterocycles. The molecular weight excluding hydrogens is 326 g/mol. The molecule has 2 unspecified atom stereocenters. The lowest BCUT2D eigenvalue weighted by molar-refractivity contribution is -0.169. The van der Waals surface area contributed by atoms with Crippen LogP contribution in [0.1, 0.15) is 69.0 Å². The largest absolute Gasteiger partial charge is 0.496 e. The summed E-state index contributed by atoms with van der Waals surface area (Å²) in [4.78, 5) is 12.9. The third kappa shape index (κ3) is 3.24. The van der Waals surface area contributed by atoms with Gasteiger partial charge in [0.25, 0.3) is 0 Å². The van der Waals surface area contributed by atoms with Gasteiger partial charge in [0.1, 0.15) is 5.75 Å². The van der Waals surface area contributed by atoms with Crippen LogP contribution in [0.15, 0.2) is 18.2 Å². The Labute approximate surface area is 156 Å².